The molecule has 1 aromatic heterocycles. The van der Waals surface area contributed by atoms with Gasteiger partial charge in [0.25, 0.3) is 0 Å². The molecule has 132 valence electrons. The molecule has 1 saturated carbocycles. The van der Waals surface area contributed by atoms with E-state index in [1.807, 2.05) is 47.7 Å². The first-order chi connectivity index (χ1) is 12.1. The van der Waals surface area contributed by atoms with Crippen LogP contribution >= 0.6 is 11.3 Å². The van der Waals surface area contributed by atoms with Gasteiger partial charge in [0.15, 0.2) is 0 Å². The van der Waals surface area contributed by atoms with Gasteiger partial charge in [0.2, 0.25) is 5.91 Å². The Balaban J connectivity index is 1.71. The van der Waals surface area contributed by atoms with E-state index >= 15 is 0 Å². The second kappa shape index (κ2) is 7.70. The number of thiophene rings is 1. The van der Waals surface area contributed by atoms with E-state index in [0.29, 0.717) is 23.1 Å². The van der Waals surface area contributed by atoms with Gasteiger partial charge < -0.3 is 15.0 Å². The fraction of sp³-hybridized carbons (Fsp3) is 0.368. The molecular weight excluding hydrogens is 336 g/mol. The number of para-hydroxylation sites is 1. The summed E-state index contributed by atoms with van der Waals surface area (Å²) in [6.45, 7) is 2.32. The SMILES string of the molecule is CCOC(=O)c1c(C2CC2)csc1NC(=O)CN(C)c1ccccc1. The van der Waals surface area contributed by atoms with Crippen molar-refractivity contribution in [3.8, 4) is 0 Å². The maximum Gasteiger partial charge on any atom is 0.341 e. The Kier molecular flexibility index (Phi) is 5.38. The Bertz CT molecular complexity index is 753. The van der Waals surface area contributed by atoms with Crippen molar-refractivity contribution < 1.29 is 14.3 Å². The molecule has 1 heterocycles. The minimum Gasteiger partial charge on any atom is -0.462 e. The number of anilines is 2. The van der Waals surface area contributed by atoms with Gasteiger partial charge >= 0.3 is 5.97 Å². The summed E-state index contributed by atoms with van der Waals surface area (Å²) in [4.78, 5) is 26.6. The Morgan fingerprint density at radius 1 is 1.28 bits per heavy atom. The van der Waals surface area contributed by atoms with Crippen molar-refractivity contribution in [3.63, 3.8) is 0 Å². The smallest absolute Gasteiger partial charge is 0.341 e. The maximum absolute atomic E-state index is 12.4. The Morgan fingerprint density at radius 2 is 2.00 bits per heavy atom. The lowest BCUT2D eigenvalue weighted by Crippen LogP contribution is -2.30. The molecule has 6 heteroatoms. The van der Waals surface area contributed by atoms with Gasteiger partial charge in [0, 0.05) is 12.7 Å². The van der Waals surface area contributed by atoms with Crippen molar-refractivity contribution in [3.05, 3.63) is 46.8 Å². The van der Waals surface area contributed by atoms with Crippen LogP contribution in [0.2, 0.25) is 0 Å². The third-order valence-electron chi connectivity index (χ3n) is 4.15. The minimum absolute atomic E-state index is 0.152. The van der Waals surface area contributed by atoms with Crippen LogP contribution in [0.25, 0.3) is 0 Å². The molecule has 1 amide bonds. The number of rotatable bonds is 7. The summed E-state index contributed by atoms with van der Waals surface area (Å²) in [5, 5.41) is 5.45. The van der Waals surface area contributed by atoms with Crippen molar-refractivity contribution in [2.75, 3.05) is 30.4 Å². The van der Waals surface area contributed by atoms with Gasteiger partial charge in [0.1, 0.15) is 5.00 Å². The normalized spacial score (nSPS) is 13.4. The van der Waals surface area contributed by atoms with E-state index < -0.39 is 0 Å². The van der Waals surface area contributed by atoms with E-state index in [2.05, 4.69) is 5.32 Å². The van der Waals surface area contributed by atoms with E-state index in [1.165, 1.54) is 11.3 Å². The summed E-state index contributed by atoms with van der Waals surface area (Å²) in [6, 6.07) is 9.71. The molecule has 1 aliphatic rings. The number of carbonyl (C=O) groups is 2. The minimum atomic E-state index is -0.350. The highest BCUT2D eigenvalue weighted by atomic mass is 32.1. The number of hydrogen-bond acceptors (Lipinski definition) is 5. The number of carbonyl (C=O) groups excluding carboxylic acids is 2. The van der Waals surface area contributed by atoms with Crippen LogP contribution < -0.4 is 10.2 Å². The first-order valence-electron chi connectivity index (χ1n) is 8.44. The van der Waals surface area contributed by atoms with Gasteiger partial charge in [-0.25, -0.2) is 4.79 Å². The molecule has 0 bridgehead atoms. The van der Waals surface area contributed by atoms with Gasteiger partial charge in [-0.05, 0) is 48.8 Å². The van der Waals surface area contributed by atoms with Crippen LogP contribution in [-0.2, 0) is 9.53 Å². The quantitative estimate of drug-likeness (QED) is 0.763. The van der Waals surface area contributed by atoms with E-state index in [1.54, 1.807) is 6.92 Å². The van der Waals surface area contributed by atoms with Crippen molar-refractivity contribution in [2.45, 2.75) is 25.7 Å². The first-order valence-corrected chi connectivity index (χ1v) is 9.32. The fourth-order valence-corrected chi connectivity index (χ4v) is 3.77. The molecule has 1 aromatic carbocycles. The van der Waals surface area contributed by atoms with E-state index in [4.69, 9.17) is 4.74 Å². The molecule has 0 saturated heterocycles. The van der Waals surface area contributed by atoms with Crippen LogP contribution in [0, 0.1) is 0 Å². The number of nitrogens with zero attached hydrogens (tertiary/aromatic N) is 1. The van der Waals surface area contributed by atoms with Crippen LogP contribution in [0.1, 0.15) is 41.6 Å². The fourth-order valence-electron chi connectivity index (χ4n) is 2.73. The van der Waals surface area contributed by atoms with E-state index in [-0.39, 0.29) is 18.4 Å². The number of likely N-dealkylation sites (N-methyl/N-ethyl adjacent to an activating group) is 1. The largest absolute Gasteiger partial charge is 0.462 e. The van der Waals surface area contributed by atoms with Gasteiger partial charge in [-0.2, -0.15) is 0 Å². The third kappa shape index (κ3) is 4.20. The van der Waals surface area contributed by atoms with Crippen molar-refractivity contribution in [1.82, 2.24) is 0 Å². The highest BCUT2D eigenvalue weighted by Gasteiger charge is 2.32. The second-order valence-corrected chi connectivity index (χ2v) is 7.01. The lowest BCUT2D eigenvalue weighted by atomic mass is 10.1. The molecule has 1 fully saturated rings. The Labute approximate surface area is 151 Å². The lowest BCUT2D eigenvalue weighted by Gasteiger charge is -2.18. The number of nitrogens with one attached hydrogen (secondary N) is 1. The number of hydrogen-bond donors (Lipinski definition) is 1. The van der Waals surface area contributed by atoms with E-state index in [0.717, 1.165) is 24.1 Å². The standard InChI is InChI=1S/C19H22N2O3S/c1-3-24-19(23)17-15(13-9-10-13)12-25-18(17)20-16(22)11-21(2)14-7-5-4-6-8-14/h4-8,12-13H,3,9-11H2,1-2H3,(H,20,22). The van der Waals surface area contributed by atoms with Crippen molar-refractivity contribution in [2.24, 2.45) is 0 Å². The van der Waals surface area contributed by atoms with Crippen molar-refractivity contribution in [1.29, 1.82) is 0 Å². The topological polar surface area (TPSA) is 58.6 Å². The zero-order chi connectivity index (χ0) is 17.8. The molecule has 0 spiro atoms. The van der Waals surface area contributed by atoms with Gasteiger partial charge in [-0.3, -0.25) is 4.79 Å². The van der Waals surface area contributed by atoms with Crippen LogP contribution in [0.15, 0.2) is 35.7 Å². The molecule has 5 nitrogen and oxygen atoms in total. The summed E-state index contributed by atoms with van der Waals surface area (Å²) < 4.78 is 5.18. The highest BCUT2D eigenvalue weighted by molar-refractivity contribution is 7.15. The summed E-state index contributed by atoms with van der Waals surface area (Å²) in [5.41, 5.74) is 2.51. The van der Waals surface area contributed by atoms with Gasteiger partial charge in [-0.15, -0.1) is 11.3 Å². The number of benzene rings is 1. The zero-order valence-corrected chi connectivity index (χ0v) is 15.3. The van der Waals surface area contributed by atoms with E-state index in [9.17, 15) is 9.59 Å². The van der Waals surface area contributed by atoms with Crippen LogP contribution in [0.4, 0.5) is 10.7 Å². The summed E-state index contributed by atoms with van der Waals surface area (Å²) in [7, 11) is 1.87. The Morgan fingerprint density at radius 3 is 2.64 bits per heavy atom. The van der Waals surface area contributed by atoms with Crippen LogP contribution in [-0.4, -0.2) is 32.1 Å². The molecule has 0 radical (unpaired) electrons. The molecule has 1 aliphatic carbocycles. The summed E-state index contributed by atoms with van der Waals surface area (Å²) in [6.07, 6.45) is 2.18. The Hall–Kier alpha value is -2.34. The average molecular weight is 358 g/mol. The lowest BCUT2D eigenvalue weighted by molar-refractivity contribution is -0.114. The molecule has 3 rings (SSSR count). The number of ether oxygens (including phenoxy) is 1. The molecule has 0 unspecified atom stereocenters. The third-order valence-corrected chi connectivity index (χ3v) is 5.06. The van der Waals surface area contributed by atoms with Gasteiger partial charge in [-0.1, -0.05) is 18.2 Å². The summed E-state index contributed by atoms with van der Waals surface area (Å²) in [5.74, 6) is -0.0771. The highest BCUT2D eigenvalue weighted by Crippen LogP contribution is 2.46. The zero-order valence-electron chi connectivity index (χ0n) is 14.5. The average Bonchev–Trinajstić information content (AvgIpc) is 3.36. The first kappa shape index (κ1) is 17.5. The van der Waals surface area contributed by atoms with Crippen LogP contribution in [0.3, 0.4) is 0 Å². The second-order valence-electron chi connectivity index (χ2n) is 6.13. The molecule has 0 atom stereocenters. The molecule has 1 N–H and O–H groups in total. The molecule has 0 aliphatic heterocycles. The van der Waals surface area contributed by atoms with Crippen LogP contribution in [0.5, 0.6) is 0 Å². The monoisotopic (exact) mass is 358 g/mol. The molecule has 2 aromatic rings. The maximum atomic E-state index is 12.4. The number of amides is 1. The van der Waals surface area contributed by atoms with Crippen molar-refractivity contribution >= 4 is 33.9 Å². The molecular formula is C19H22N2O3S. The summed E-state index contributed by atoms with van der Waals surface area (Å²) >= 11 is 1.40. The predicted octanol–water partition coefficient (Wildman–Crippen LogP) is 3.88. The molecule has 25 heavy (non-hydrogen) atoms. The number of esters is 1. The van der Waals surface area contributed by atoms with Gasteiger partial charge in [0.05, 0.1) is 18.7 Å². The predicted molar refractivity (Wildman–Crippen MR) is 101 cm³/mol.